The Morgan fingerprint density at radius 1 is 1.50 bits per heavy atom. The molecule has 1 saturated heterocycles. The number of benzene rings is 1. The van der Waals surface area contributed by atoms with E-state index < -0.39 is 23.7 Å². The van der Waals surface area contributed by atoms with Crippen molar-refractivity contribution in [2.45, 2.75) is 18.9 Å². The molecule has 20 heavy (non-hydrogen) atoms. The molecule has 0 aliphatic carbocycles. The summed E-state index contributed by atoms with van der Waals surface area (Å²) in [4.78, 5) is 24.5. The van der Waals surface area contributed by atoms with Gasteiger partial charge in [-0.2, -0.15) is 0 Å². The second-order valence-electron chi connectivity index (χ2n) is 4.46. The van der Waals surface area contributed by atoms with E-state index in [9.17, 15) is 14.0 Å². The molecule has 1 atom stereocenters. The Morgan fingerprint density at radius 2 is 2.20 bits per heavy atom. The lowest BCUT2D eigenvalue weighted by Crippen LogP contribution is -2.40. The van der Waals surface area contributed by atoms with Crippen LogP contribution in [0.2, 0.25) is 5.02 Å². The zero-order chi connectivity index (χ0) is 14.9. The molecule has 1 N–H and O–H groups in total. The highest BCUT2D eigenvalue weighted by molar-refractivity contribution is 6.32. The summed E-state index contributed by atoms with van der Waals surface area (Å²) >= 11 is 5.87. The molecule has 1 aromatic carbocycles. The van der Waals surface area contributed by atoms with Crippen LogP contribution in [0.1, 0.15) is 23.2 Å². The van der Waals surface area contributed by atoms with Gasteiger partial charge in [0.1, 0.15) is 17.6 Å². The molecule has 1 aromatic rings. The minimum absolute atomic E-state index is 0.100. The van der Waals surface area contributed by atoms with Crippen molar-refractivity contribution >= 4 is 23.5 Å². The number of nitrogens with zero attached hydrogens (tertiary/aromatic N) is 1. The van der Waals surface area contributed by atoms with Crippen molar-refractivity contribution < 1.29 is 23.8 Å². The molecule has 108 valence electrons. The predicted molar refractivity (Wildman–Crippen MR) is 69.7 cm³/mol. The quantitative estimate of drug-likeness (QED) is 0.929. The van der Waals surface area contributed by atoms with Crippen molar-refractivity contribution in [2.75, 3.05) is 13.7 Å². The van der Waals surface area contributed by atoms with Crippen molar-refractivity contribution in [3.05, 3.63) is 28.5 Å². The second-order valence-corrected chi connectivity index (χ2v) is 4.87. The van der Waals surface area contributed by atoms with Gasteiger partial charge in [0.25, 0.3) is 5.91 Å². The maximum atomic E-state index is 13.9. The molecule has 2 rings (SSSR count). The van der Waals surface area contributed by atoms with E-state index in [0.717, 1.165) is 17.0 Å². The summed E-state index contributed by atoms with van der Waals surface area (Å²) in [5.41, 5.74) is -0.246. The van der Waals surface area contributed by atoms with Crippen LogP contribution in [0.25, 0.3) is 0 Å². The average Bonchev–Trinajstić information content (AvgIpc) is 2.89. The normalized spacial score (nSPS) is 18.1. The third-order valence-corrected chi connectivity index (χ3v) is 3.57. The molecule has 1 heterocycles. The molecular weight excluding hydrogens is 289 g/mol. The summed E-state index contributed by atoms with van der Waals surface area (Å²) in [5.74, 6) is -2.42. The Bertz CT molecular complexity index is 564. The van der Waals surface area contributed by atoms with Gasteiger partial charge in [0.05, 0.1) is 17.7 Å². The first-order valence-corrected chi connectivity index (χ1v) is 6.40. The molecule has 0 bridgehead atoms. The van der Waals surface area contributed by atoms with E-state index in [2.05, 4.69) is 0 Å². The molecule has 1 aliphatic rings. The number of carbonyl (C=O) groups is 2. The molecule has 1 fully saturated rings. The smallest absolute Gasteiger partial charge is 0.326 e. The van der Waals surface area contributed by atoms with Crippen LogP contribution in [0.3, 0.4) is 0 Å². The molecule has 0 spiro atoms. The fourth-order valence-corrected chi connectivity index (χ4v) is 2.51. The summed E-state index contributed by atoms with van der Waals surface area (Å²) in [6, 6.07) is 1.26. The topological polar surface area (TPSA) is 66.8 Å². The Labute approximate surface area is 119 Å². The van der Waals surface area contributed by atoms with Crippen molar-refractivity contribution in [1.29, 1.82) is 0 Å². The lowest BCUT2D eigenvalue weighted by Gasteiger charge is -2.22. The van der Waals surface area contributed by atoms with E-state index in [-0.39, 0.29) is 16.3 Å². The number of likely N-dealkylation sites (tertiary alicyclic amines) is 1. The van der Waals surface area contributed by atoms with Crippen LogP contribution < -0.4 is 4.74 Å². The van der Waals surface area contributed by atoms with Gasteiger partial charge in [-0.1, -0.05) is 11.6 Å². The molecular formula is C13H13ClFNO4. The largest absolute Gasteiger partial charge is 0.495 e. The van der Waals surface area contributed by atoms with Gasteiger partial charge in [0.2, 0.25) is 0 Å². The maximum Gasteiger partial charge on any atom is 0.326 e. The number of hydrogen-bond acceptors (Lipinski definition) is 3. The van der Waals surface area contributed by atoms with Crippen LogP contribution in [0.5, 0.6) is 5.75 Å². The fourth-order valence-electron chi connectivity index (χ4n) is 2.27. The number of amides is 1. The van der Waals surface area contributed by atoms with Crippen LogP contribution in [-0.4, -0.2) is 41.6 Å². The van der Waals surface area contributed by atoms with Gasteiger partial charge in [-0.05, 0) is 18.9 Å². The van der Waals surface area contributed by atoms with Gasteiger partial charge in [-0.3, -0.25) is 4.79 Å². The van der Waals surface area contributed by atoms with Crippen LogP contribution in [-0.2, 0) is 4.79 Å². The SMILES string of the molecule is COc1cc(F)c(C(=O)N2CCCC2C(=O)O)cc1Cl. The molecule has 1 unspecified atom stereocenters. The Balaban J connectivity index is 2.34. The molecule has 1 aliphatic heterocycles. The van der Waals surface area contributed by atoms with E-state index in [4.69, 9.17) is 21.4 Å². The zero-order valence-corrected chi connectivity index (χ0v) is 11.5. The minimum atomic E-state index is -1.09. The van der Waals surface area contributed by atoms with Crippen LogP contribution in [0, 0.1) is 5.82 Å². The number of hydrogen-bond donors (Lipinski definition) is 1. The first-order valence-electron chi connectivity index (χ1n) is 6.02. The standard InChI is InChI=1S/C13H13ClFNO4/c1-20-11-6-9(15)7(5-8(11)14)12(17)16-4-2-3-10(16)13(18)19/h5-6,10H,2-4H2,1H3,(H,18,19). The van der Waals surface area contributed by atoms with Crippen molar-refractivity contribution in [3.8, 4) is 5.75 Å². The third kappa shape index (κ3) is 2.56. The second kappa shape index (κ2) is 5.66. The lowest BCUT2D eigenvalue weighted by atomic mass is 10.1. The first kappa shape index (κ1) is 14.6. The maximum absolute atomic E-state index is 13.9. The van der Waals surface area contributed by atoms with Crippen molar-refractivity contribution in [2.24, 2.45) is 0 Å². The summed E-state index contributed by atoms with van der Waals surface area (Å²) in [5, 5.41) is 9.15. The predicted octanol–water partition coefficient (Wildman–Crippen LogP) is 2.18. The molecule has 1 amide bonds. The fraction of sp³-hybridized carbons (Fsp3) is 0.385. The number of carboxylic acid groups (broad SMARTS) is 1. The number of halogens is 2. The van der Waals surface area contributed by atoms with Crippen molar-refractivity contribution in [3.63, 3.8) is 0 Å². The Hall–Kier alpha value is -1.82. The summed E-state index contributed by atoms with van der Waals surface area (Å²) in [6.45, 7) is 0.291. The lowest BCUT2D eigenvalue weighted by molar-refractivity contribution is -0.141. The third-order valence-electron chi connectivity index (χ3n) is 3.27. The summed E-state index contributed by atoms with van der Waals surface area (Å²) < 4.78 is 18.8. The molecule has 0 saturated carbocycles. The molecule has 0 aromatic heterocycles. The number of carboxylic acids is 1. The average molecular weight is 302 g/mol. The molecule has 0 radical (unpaired) electrons. The van der Waals surface area contributed by atoms with Crippen LogP contribution in [0.15, 0.2) is 12.1 Å². The van der Waals surface area contributed by atoms with E-state index in [0.29, 0.717) is 19.4 Å². The number of aliphatic carboxylic acids is 1. The summed E-state index contributed by atoms with van der Waals surface area (Å²) in [6.07, 6.45) is 0.945. The monoisotopic (exact) mass is 301 g/mol. The van der Waals surface area contributed by atoms with Crippen LogP contribution in [0.4, 0.5) is 4.39 Å². The Kier molecular flexibility index (Phi) is 4.13. The Morgan fingerprint density at radius 3 is 2.80 bits per heavy atom. The highest BCUT2D eigenvalue weighted by Crippen LogP contribution is 2.29. The zero-order valence-electron chi connectivity index (χ0n) is 10.7. The van der Waals surface area contributed by atoms with Gasteiger partial charge >= 0.3 is 5.97 Å². The highest BCUT2D eigenvalue weighted by atomic mass is 35.5. The number of rotatable bonds is 3. The van der Waals surface area contributed by atoms with Gasteiger partial charge < -0.3 is 14.7 Å². The minimum Gasteiger partial charge on any atom is -0.495 e. The van der Waals surface area contributed by atoms with E-state index in [1.807, 2.05) is 0 Å². The van der Waals surface area contributed by atoms with E-state index in [1.165, 1.54) is 7.11 Å². The van der Waals surface area contributed by atoms with Gasteiger partial charge in [0, 0.05) is 12.6 Å². The first-order chi connectivity index (χ1) is 9.45. The van der Waals surface area contributed by atoms with Gasteiger partial charge in [-0.25, -0.2) is 9.18 Å². The van der Waals surface area contributed by atoms with E-state index in [1.54, 1.807) is 0 Å². The number of ether oxygens (including phenoxy) is 1. The van der Waals surface area contributed by atoms with Crippen LogP contribution >= 0.6 is 11.6 Å². The molecule has 7 heteroatoms. The summed E-state index contributed by atoms with van der Waals surface area (Å²) in [7, 11) is 1.34. The number of carbonyl (C=O) groups excluding carboxylic acids is 1. The highest BCUT2D eigenvalue weighted by Gasteiger charge is 2.35. The van der Waals surface area contributed by atoms with Gasteiger partial charge in [0.15, 0.2) is 0 Å². The number of methoxy groups -OCH3 is 1. The van der Waals surface area contributed by atoms with E-state index >= 15 is 0 Å². The van der Waals surface area contributed by atoms with Crippen molar-refractivity contribution in [1.82, 2.24) is 4.90 Å². The molecule has 5 nitrogen and oxygen atoms in total. The van der Waals surface area contributed by atoms with Gasteiger partial charge in [-0.15, -0.1) is 0 Å².